The van der Waals surface area contributed by atoms with Gasteiger partial charge >= 0.3 is 6.18 Å². The third-order valence-corrected chi connectivity index (χ3v) is 4.55. The molecule has 0 atom stereocenters. The van der Waals surface area contributed by atoms with Gasteiger partial charge in [-0.05, 0) is 12.1 Å². The molecule has 28 heavy (non-hydrogen) atoms. The van der Waals surface area contributed by atoms with E-state index in [2.05, 4.69) is 16.9 Å². The van der Waals surface area contributed by atoms with Crippen LogP contribution in [0.3, 0.4) is 0 Å². The second-order valence-corrected chi connectivity index (χ2v) is 6.54. The van der Waals surface area contributed by atoms with Crippen molar-refractivity contribution in [3.05, 3.63) is 54.2 Å². The minimum atomic E-state index is -4.60. The standard InChI is InChI=1S/C19H16F3N3O3/c1-2-11-3-16(28-10-11)14-4-13(19(20,21)22)7-25-15(6-23-17(14)25)18(26)24-5-12-8-27-9-12/h2-4,6-7,10,12H,1,5,8-9H2,(H,24,26). The lowest BCUT2D eigenvalue weighted by molar-refractivity contribution is -0.137. The van der Waals surface area contributed by atoms with E-state index in [4.69, 9.17) is 9.15 Å². The van der Waals surface area contributed by atoms with Crippen molar-refractivity contribution in [1.82, 2.24) is 14.7 Å². The predicted molar refractivity (Wildman–Crippen MR) is 94.6 cm³/mol. The second-order valence-electron chi connectivity index (χ2n) is 6.54. The lowest BCUT2D eigenvalue weighted by Crippen LogP contribution is -2.39. The SMILES string of the molecule is C=Cc1coc(-c2cc(C(F)(F)F)cn3c(C(=O)NCC4COC4)cnc23)c1. The van der Waals surface area contributed by atoms with Crippen LogP contribution in [0.5, 0.6) is 0 Å². The van der Waals surface area contributed by atoms with Crippen molar-refractivity contribution >= 4 is 17.6 Å². The predicted octanol–water partition coefficient (Wildman–Crippen LogP) is 3.63. The number of halogens is 3. The molecule has 146 valence electrons. The van der Waals surface area contributed by atoms with Gasteiger partial charge in [0.05, 0.1) is 36.8 Å². The number of imidazole rings is 1. The average Bonchev–Trinajstić information content (AvgIpc) is 3.25. The lowest BCUT2D eigenvalue weighted by atomic mass is 10.1. The van der Waals surface area contributed by atoms with Gasteiger partial charge in [0.2, 0.25) is 0 Å². The Hall–Kier alpha value is -3.07. The number of carbonyl (C=O) groups excluding carboxylic acids is 1. The number of nitrogens with one attached hydrogen (secondary N) is 1. The van der Waals surface area contributed by atoms with Crippen LogP contribution >= 0.6 is 0 Å². The van der Waals surface area contributed by atoms with Crippen molar-refractivity contribution in [2.75, 3.05) is 19.8 Å². The molecule has 4 rings (SSSR count). The lowest BCUT2D eigenvalue weighted by Gasteiger charge is -2.25. The summed E-state index contributed by atoms with van der Waals surface area (Å²) in [4.78, 5) is 16.7. The number of fused-ring (bicyclic) bond motifs is 1. The summed E-state index contributed by atoms with van der Waals surface area (Å²) in [7, 11) is 0. The number of hydrogen-bond acceptors (Lipinski definition) is 4. The summed E-state index contributed by atoms with van der Waals surface area (Å²) in [5, 5.41) is 2.71. The molecule has 1 fully saturated rings. The zero-order chi connectivity index (χ0) is 19.9. The summed E-state index contributed by atoms with van der Waals surface area (Å²) >= 11 is 0. The number of alkyl halides is 3. The van der Waals surface area contributed by atoms with E-state index in [1.54, 1.807) is 6.07 Å². The van der Waals surface area contributed by atoms with E-state index in [-0.39, 0.29) is 28.6 Å². The highest BCUT2D eigenvalue weighted by Gasteiger charge is 2.33. The number of ether oxygens (including phenoxy) is 1. The maximum absolute atomic E-state index is 13.4. The van der Waals surface area contributed by atoms with Gasteiger partial charge in [-0.25, -0.2) is 4.98 Å². The highest BCUT2D eigenvalue weighted by atomic mass is 19.4. The van der Waals surface area contributed by atoms with Crippen LogP contribution in [0.1, 0.15) is 21.6 Å². The normalized spacial score (nSPS) is 14.8. The molecular formula is C19H16F3N3O3. The van der Waals surface area contributed by atoms with Crippen LogP contribution in [0.25, 0.3) is 23.0 Å². The van der Waals surface area contributed by atoms with Gasteiger partial charge in [0, 0.05) is 24.2 Å². The number of rotatable bonds is 5. The molecule has 0 radical (unpaired) electrons. The minimum Gasteiger partial charge on any atom is -0.464 e. The first-order valence-corrected chi connectivity index (χ1v) is 8.52. The fourth-order valence-corrected chi connectivity index (χ4v) is 2.92. The molecule has 3 aromatic heterocycles. The molecule has 1 amide bonds. The molecule has 1 N–H and O–H groups in total. The highest BCUT2D eigenvalue weighted by Crippen LogP contribution is 2.35. The van der Waals surface area contributed by atoms with Crippen molar-refractivity contribution in [2.45, 2.75) is 6.18 Å². The first-order valence-electron chi connectivity index (χ1n) is 8.52. The maximum atomic E-state index is 13.4. The molecule has 3 aromatic rings. The molecule has 0 spiro atoms. The summed E-state index contributed by atoms with van der Waals surface area (Å²) < 4.78 is 51.9. The van der Waals surface area contributed by atoms with Crippen molar-refractivity contribution in [3.8, 4) is 11.3 Å². The fourth-order valence-electron chi connectivity index (χ4n) is 2.92. The highest BCUT2D eigenvalue weighted by molar-refractivity contribution is 5.94. The van der Waals surface area contributed by atoms with Crippen molar-refractivity contribution in [3.63, 3.8) is 0 Å². The molecular weight excluding hydrogens is 375 g/mol. The van der Waals surface area contributed by atoms with E-state index < -0.39 is 17.6 Å². The molecule has 1 saturated heterocycles. The Morgan fingerprint density at radius 3 is 2.79 bits per heavy atom. The van der Waals surface area contributed by atoms with E-state index in [0.717, 1.165) is 16.7 Å². The van der Waals surface area contributed by atoms with Crippen LogP contribution in [-0.2, 0) is 10.9 Å². The zero-order valence-corrected chi connectivity index (χ0v) is 14.6. The number of amides is 1. The summed E-state index contributed by atoms with van der Waals surface area (Å²) in [6.07, 6.45) is 0.425. The Morgan fingerprint density at radius 1 is 1.39 bits per heavy atom. The number of nitrogens with zero attached hydrogens (tertiary/aromatic N) is 2. The number of furan rings is 1. The first kappa shape index (κ1) is 18.3. The van der Waals surface area contributed by atoms with Gasteiger partial charge in [-0.3, -0.25) is 9.20 Å². The van der Waals surface area contributed by atoms with Gasteiger partial charge in [0.1, 0.15) is 17.1 Å². The van der Waals surface area contributed by atoms with E-state index in [1.807, 2.05) is 0 Å². The quantitative estimate of drug-likeness (QED) is 0.721. The second kappa shape index (κ2) is 6.83. The van der Waals surface area contributed by atoms with Gasteiger partial charge in [-0.15, -0.1) is 0 Å². The van der Waals surface area contributed by atoms with Crippen LogP contribution in [-0.4, -0.2) is 35.1 Å². The van der Waals surface area contributed by atoms with Crippen molar-refractivity contribution in [1.29, 1.82) is 0 Å². The number of pyridine rings is 1. The van der Waals surface area contributed by atoms with Crippen LogP contribution in [0.4, 0.5) is 13.2 Å². The third-order valence-electron chi connectivity index (χ3n) is 4.55. The van der Waals surface area contributed by atoms with Gasteiger partial charge < -0.3 is 14.5 Å². The summed E-state index contributed by atoms with van der Waals surface area (Å²) in [5.74, 6) is -0.0871. The van der Waals surface area contributed by atoms with Crippen LogP contribution in [0.2, 0.25) is 0 Å². The fraction of sp³-hybridized carbons (Fsp3) is 0.263. The van der Waals surface area contributed by atoms with Crippen molar-refractivity contribution in [2.24, 2.45) is 5.92 Å². The van der Waals surface area contributed by atoms with Gasteiger partial charge in [-0.2, -0.15) is 13.2 Å². The molecule has 0 aromatic carbocycles. The Labute approximate surface area is 157 Å². The summed E-state index contributed by atoms with van der Waals surface area (Å²) in [6, 6.07) is 2.52. The van der Waals surface area contributed by atoms with Gasteiger partial charge in [0.25, 0.3) is 5.91 Å². The Bertz CT molecular complexity index is 1050. The first-order chi connectivity index (χ1) is 13.4. The zero-order valence-electron chi connectivity index (χ0n) is 14.6. The molecule has 0 aliphatic carbocycles. The number of aromatic nitrogens is 2. The molecule has 1 aliphatic heterocycles. The van der Waals surface area contributed by atoms with E-state index in [9.17, 15) is 18.0 Å². The summed E-state index contributed by atoms with van der Waals surface area (Å²) in [5.41, 5.74) is 0.0475. The number of hydrogen-bond donors (Lipinski definition) is 1. The monoisotopic (exact) mass is 391 g/mol. The van der Waals surface area contributed by atoms with Crippen LogP contribution < -0.4 is 5.32 Å². The van der Waals surface area contributed by atoms with E-state index in [1.165, 1.54) is 18.5 Å². The molecule has 6 nitrogen and oxygen atoms in total. The minimum absolute atomic E-state index is 0.0121. The third kappa shape index (κ3) is 3.29. The van der Waals surface area contributed by atoms with Crippen LogP contribution in [0, 0.1) is 5.92 Å². The smallest absolute Gasteiger partial charge is 0.417 e. The molecule has 0 unspecified atom stereocenters. The Morgan fingerprint density at radius 2 is 2.18 bits per heavy atom. The topological polar surface area (TPSA) is 68.8 Å². The van der Waals surface area contributed by atoms with Gasteiger partial charge in [-0.1, -0.05) is 12.7 Å². The molecule has 0 bridgehead atoms. The van der Waals surface area contributed by atoms with Gasteiger partial charge in [0.15, 0.2) is 0 Å². The Kier molecular flexibility index (Phi) is 4.46. The molecule has 4 heterocycles. The molecule has 0 saturated carbocycles. The summed E-state index contributed by atoms with van der Waals surface area (Å²) in [6.45, 7) is 5.11. The molecule has 9 heteroatoms. The molecule has 1 aliphatic rings. The van der Waals surface area contributed by atoms with E-state index >= 15 is 0 Å². The Balaban J connectivity index is 1.79. The number of carbonyl (C=O) groups is 1. The maximum Gasteiger partial charge on any atom is 0.417 e. The largest absolute Gasteiger partial charge is 0.464 e. The average molecular weight is 391 g/mol. The van der Waals surface area contributed by atoms with Crippen LogP contribution in [0.15, 0.2) is 41.8 Å². The van der Waals surface area contributed by atoms with E-state index in [0.29, 0.717) is 25.3 Å². The van der Waals surface area contributed by atoms with Crippen molar-refractivity contribution < 1.29 is 27.1 Å².